The Morgan fingerprint density at radius 1 is 1.00 bits per heavy atom. The SMILES string of the molecule is Clc1ccc(COc2ccc(/C=N/n3cnnc3)cc2)cc1Cl. The number of aromatic nitrogens is 3. The number of hydrogen-bond acceptors (Lipinski definition) is 4. The summed E-state index contributed by atoms with van der Waals surface area (Å²) < 4.78 is 7.24. The van der Waals surface area contributed by atoms with E-state index in [0.29, 0.717) is 16.7 Å². The minimum Gasteiger partial charge on any atom is -0.489 e. The second kappa shape index (κ2) is 7.26. The van der Waals surface area contributed by atoms with Crippen LogP contribution in [0, 0.1) is 0 Å². The molecule has 0 aliphatic rings. The number of rotatable bonds is 5. The molecule has 23 heavy (non-hydrogen) atoms. The van der Waals surface area contributed by atoms with E-state index in [1.807, 2.05) is 30.3 Å². The Hall–Kier alpha value is -2.37. The van der Waals surface area contributed by atoms with Crippen LogP contribution >= 0.6 is 23.2 Å². The molecule has 0 aliphatic heterocycles. The fraction of sp³-hybridized carbons (Fsp3) is 0.0625. The maximum atomic E-state index is 5.98. The summed E-state index contributed by atoms with van der Waals surface area (Å²) in [5, 5.41) is 12.6. The molecule has 0 saturated heterocycles. The van der Waals surface area contributed by atoms with E-state index in [2.05, 4.69) is 15.3 Å². The predicted molar refractivity (Wildman–Crippen MR) is 90.3 cm³/mol. The van der Waals surface area contributed by atoms with Crippen LogP contribution in [-0.2, 0) is 6.61 Å². The minimum absolute atomic E-state index is 0.422. The molecule has 3 rings (SSSR count). The topological polar surface area (TPSA) is 52.3 Å². The van der Waals surface area contributed by atoms with E-state index in [-0.39, 0.29) is 0 Å². The molecule has 0 radical (unpaired) electrons. The van der Waals surface area contributed by atoms with Crippen molar-refractivity contribution in [3.05, 3.63) is 76.3 Å². The van der Waals surface area contributed by atoms with Gasteiger partial charge in [0.2, 0.25) is 0 Å². The first-order chi connectivity index (χ1) is 11.2. The lowest BCUT2D eigenvalue weighted by atomic mass is 10.2. The van der Waals surface area contributed by atoms with Gasteiger partial charge in [0.25, 0.3) is 0 Å². The van der Waals surface area contributed by atoms with Gasteiger partial charge in [-0.2, -0.15) is 5.10 Å². The summed E-state index contributed by atoms with van der Waals surface area (Å²) in [6.45, 7) is 0.422. The van der Waals surface area contributed by atoms with Gasteiger partial charge in [-0.15, -0.1) is 10.2 Å². The van der Waals surface area contributed by atoms with Crippen molar-refractivity contribution in [2.45, 2.75) is 6.61 Å². The van der Waals surface area contributed by atoms with Crippen LogP contribution < -0.4 is 4.74 Å². The molecular weight excluding hydrogens is 335 g/mol. The van der Waals surface area contributed by atoms with Crippen LogP contribution in [0.4, 0.5) is 0 Å². The molecule has 5 nitrogen and oxygen atoms in total. The first kappa shape index (κ1) is 15.5. The summed E-state index contributed by atoms with van der Waals surface area (Å²) in [5.74, 6) is 0.762. The van der Waals surface area contributed by atoms with E-state index in [4.69, 9.17) is 27.9 Å². The van der Waals surface area contributed by atoms with Crippen molar-refractivity contribution in [2.75, 3.05) is 0 Å². The van der Waals surface area contributed by atoms with Crippen LogP contribution in [0.5, 0.6) is 5.75 Å². The summed E-state index contributed by atoms with van der Waals surface area (Å²) in [7, 11) is 0. The summed E-state index contributed by atoms with van der Waals surface area (Å²) in [5.41, 5.74) is 1.90. The molecule has 0 atom stereocenters. The van der Waals surface area contributed by atoms with Gasteiger partial charge in [-0.3, -0.25) is 0 Å². The molecule has 116 valence electrons. The van der Waals surface area contributed by atoms with Crippen molar-refractivity contribution < 1.29 is 4.74 Å². The number of halogens is 2. The third kappa shape index (κ3) is 4.31. The third-order valence-corrected chi connectivity index (χ3v) is 3.76. The molecule has 2 aromatic carbocycles. The molecule has 0 bridgehead atoms. The number of hydrogen-bond donors (Lipinski definition) is 0. The zero-order valence-electron chi connectivity index (χ0n) is 11.9. The Kier molecular flexibility index (Phi) is 4.90. The number of benzene rings is 2. The lowest BCUT2D eigenvalue weighted by molar-refractivity contribution is 0.306. The standard InChI is InChI=1S/C16H12Cl2N4O/c17-15-6-3-13(7-16(15)18)9-23-14-4-1-12(2-5-14)8-21-22-10-19-20-11-22/h1-8,10-11H,9H2/b21-8+. The second-order valence-corrected chi connectivity index (χ2v) is 5.51. The van der Waals surface area contributed by atoms with E-state index in [9.17, 15) is 0 Å². The predicted octanol–water partition coefficient (Wildman–Crippen LogP) is 4.05. The molecular formula is C16H12Cl2N4O. The van der Waals surface area contributed by atoms with Crippen molar-refractivity contribution in [2.24, 2.45) is 5.10 Å². The summed E-state index contributed by atoms with van der Waals surface area (Å²) >= 11 is 11.9. The van der Waals surface area contributed by atoms with Crippen LogP contribution in [0.25, 0.3) is 0 Å². The second-order valence-electron chi connectivity index (χ2n) is 4.69. The van der Waals surface area contributed by atoms with Crippen LogP contribution in [-0.4, -0.2) is 21.1 Å². The molecule has 0 fully saturated rings. The van der Waals surface area contributed by atoms with Crippen LogP contribution in [0.1, 0.15) is 11.1 Å². The number of nitrogens with zero attached hydrogens (tertiary/aromatic N) is 4. The fourth-order valence-electron chi connectivity index (χ4n) is 1.83. The Morgan fingerprint density at radius 2 is 1.74 bits per heavy atom. The Morgan fingerprint density at radius 3 is 2.43 bits per heavy atom. The van der Waals surface area contributed by atoms with E-state index in [1.165, 1.54) is 17.3 Å². The molecule has 1 heterocycles. The highest BCUT2D eigenvalue weighted by Gasteiger charge is 2.01. The minimum atomic E-state index is 0.422. The van der Waals surface area contributed by atoms with Gasteiger partial charge in [-0.1, -0.05) is 29.3 Å². The van der Waals surface area contributed by atoms with Crippen molar-refractivity contribution in [1.82, 2.24) is 14.9 Å². The largest absolute Gasteiger partial charge is 0.489 e. The smallest absolute Gasteiger partial charge is 0.141 e. The molecule has 0 unspecified atom stereocenters. The number of ether oxygens (including phenoxy) is 1. The van der Waals surface area contributed by atoms with Gasteiger partial charge in [0.15, 0.2) is 0 Å². The van der Waals surface area contributed by atoms with Crippen LogP contribution in [0.2, 0.25) is 10.0 Å². The van der Waals surface area contributed by atoms with Gasteiger partial charge < -0.3 is 4.74 Å². The van der Waals surface area contributed by atoms with Crippen molar-refractivity contribution in [3.63, 3.8) is 0 Å². The van der Waals surface area contributed by atoms with Gasteiger partial charge >= 0.3 is 0 Å². The van der Waals surface area contributed by atoms with Gasteiger partial charge in [-0.25, -0.2) is 4.68 Å². The van der Waals surface area contributed by atoms with Gasteiger partial charge in [0, 0.05) is 0 Å². The lowest BCUT2D eigenvalue weighted by Gasteiger charge is -2.07. The molecule has 0 spiro atoms. The Balaban J connectivity index is 1.60. The monoisotopic (exact) mass is 346 g/mol. The maximum absolute atomic E-state index is 5.98. The van der Waals surface area contributed by atoms with Crippen molar-refractivity contribution in [3.8, 4) is 5.75 Å². The molecule has 3 aromatic rings. The van der Waals surface area contributed by atoms with E-state index < -0.39 is 0 Å². The first-order valence-corrected chi connectivity index (χ1v) is 7.52. The summed E-state index contributed by atoms with van der Waals surface area (Å²) in [6.07, 6.45) is 4.75. The average molecular weight is 347 g/mol. The molecule has 0 saturated carbocycles. The zero-order valence-corrected chi connectivity index (χ0v) is 13.4. The molecule has 0 amide bonds. The normalized spacial score (nSPS) is 11.0. The van der Waals surface area contributed by atoms with Crippen molar-refractivity contribution >= 4 is 29.4 Å². The van der Waals surface area contributed by atoms with Gasteiger partial charge in [0.1, 0.15) is 25.0 Å². The first-order valence-electron chi connectivity index (χ1n) is 6.76. The van der Waals surface area contributed by atoms with Gasteiger partial charge in [0.05, 0.1) is 16.3 Å². The van der Waals surface area contributed by atoms with Crippen LogP contribution in [0.3, 0.4) is 0 Å². The highest BCUT2D eigenvalue weighted by molar-refractivity contribution is 6.42. The van der Waals surface area contributed by atoms with E-state index in [1.54, 1.807) is 18.3 Å². The summed E-state index contributed by atoms with van der Waals surface area (Å²) in [6, 6.07) is 13.0. The third-order valence-electron chi connectivity index (χ3n) is 3.02. The molecule has 1 aromatic heterocycles. The lowest BCUT2D eigenvalue weighted by Crippen LogP contribution is -1.95. The highest BCUT2D eigenvalue weighted by Crippen LogP contribution is 2.23. The highest BCUT2D eigenvalue weighted by atomic mass is 35.5. The van der Waals surface area contributed by atoms with E-state index >= 15 is 0 Å². The quantitative estimate of drug-likeness (QED) is 0.655. The Bertz CT molecular complexity index is 801. The van der Waals surface area contributed by atoms with Crippen LogP contribution in [0.15, 0.2) is 60.2 Å². The molecule has 0 aliphatic carbocycles. The van der Waals surface area contributed by atoms with Crippen molar-refractivity contribution in [1.29, 1.82) is 0 Å². The average Bonchev–Trinajstić information content (AvgIpc) is 3.08. The maximum Gasteiger partial charge on any atom is 0.141 e. The van der Waals surface area contributed by atoms with Gasteiger partial charge in [-0.05, 0) is 47.5 Å². The zero-order chi connectivity index (χ0) is 16.1. The molecule has 7 heteroatoms. The summed E-state index contributed by atoms with van der Waals surface area (Å²) in [4.78, 5) is 0. The molecule has 0 N–H and O–H groups in total. The fourth-order valence-corrected chi connectivity index (χ4v) is 2.16. The van der Waals surface area contributed by atoms with E-state index in [0.717, 1.165) is 16.9 Å². The Labute approximate surface area is 143 Å².